The number of fused-ring (bicyclic) bond motifs is 6. The van der Waals surface area contributed by atoms with Crippen molar-refractivity contribution in [1.82, 2.24) is 15.2 Å². The van der Waals surface area contributed by atoms with Crippen LogP contribution in [0.3, 0.4) is 0 Å². The van der Waals surface area contributed by atoms with Crippen LogP contribution in [0.4, 0.5) is 0 Å². The number of rotatable bonds is 4. The van der Waals surface area contributed by atoms with E-state index in [2.05, 4.69) is 163 Å². The highest BCUT2D eigenvalue weighted by Gasteiger charge is 2.36. The summed E-state index contributed by atoms with van der Waals surface area (Å²) in [5, 5.41) is 9.98. The van der Waals surface area contributed by atoms with Crippen molar-refractivity contribution in [3.05, 3.63) is 173 Å². The first kappa shape index (κ1) is 26.9. The number of para-hydroxylation sites is 1. The van der Waals surface area contributed by atoms with E-state index in [1.807, 2.05) is 12.1 Å². The fourth-order valence-corrected chi connectivity index (χ4v) is 7.54. The maximum absolute atomic E-state index is 5.07. The quantitative estimate of drug-likeness (QED) is 0.213. The summed E-state index contributed by atoms with van der Waals surface area (Å²) < 4.78 is 2.43. The Hall–Kier alpha value is -5.45. The van der Waals surface area contributed by atoms with Gasteiger partial charge in [0.2, 0.25) is 0 Å². The first-order valence-electron chi connectivity index (χ1n) is 16.0. The van der Waals surface area contributed by atoms with Crippen LogP contribution in [-0.2, 0) is 5.41 Å². The Labute approximate surface area is 269 Å². The van der Waals surface area contributed by atoms with Gasteiger partial charge in [0.05, 0.1) is 11.0 Å². The molecule has 2 N–H and O–H groups in total. The highest BCUT2D eigenvalue weighted by Crippen LogP contribution is 2.50. The molecule has 2 aliphatic rings. The van der Waals surface area contributed by atoms with E-state index in [-0.39, 0.29) is 17.7 Å². The molecular formula is C42H34N4. The molecule has 2 atom stereocenters. The van der Waals surface area contributed by atoms with Gasteiger partial charge in [-0.3, -0.25) is 5.32 Å². The second-order valence-electron chi connectivity index (χ2n) is 12.9. The van der Waals surface area contributed by atoms with Crippen LogP contribution in [0.2, 0.25) is 0 Å². The standard InChI is InChI=1S/C42H34N4/c1-42(2)35-19-11-9-17-31(35)33-25-34-32-18-10-12-20-37(32)46(38(34)26-36(33)42)30-23-21-29(22-24-30)41-44-39(27-13-5-3-6-14-27)43-40(45-41)28-15-7-4-8-16-28/h3-26,39,41,44H,1-2H3,(H,43,45). The van der Waals surface area contributed by atoms with E-state index in [0.717, 1.165) is 28.2 Å². The highest BCUT2D eigenvalue weighted by atomic mass is 15.3. The second-order valence-corrected chi connectivity index (χ2v) is 12.9. The number of aliphatic imine (C=N–C) groups is 1. The summed E-state index contributed by atoms with van der Waals surface area (Å²) >= 11 is 0. The molecule has 0 fully saturated rings. The third-order valence-corrected chi connectivity index (χ3v) is 9.89. The first-order valence-corrected chi connectivity index (χ1v) is 16.0. The van der Waals surface area contributed by atoms with E-state index in [0.29, 0.717) is 0 Å². The molecule has 1 aromatic heterocycles. The van der Waals surface area contributed by atoms with Crippen molar-refractivity contribution < 1.29 is 0 Å². The fourth-order valence-electron chi connectivity index (χ4n) is 7.54. The molecule has 46 heavy (non-hydrogen) atoms. The van der Waals surface area contributed by atoms with Crippen molar-refractivity contribution >= 4 is 27.6 Å². The van der Waals surface area contributed by atoms with Gasteiger partial charge in [-0.25, -0.2) is 4.99 Å². The van der Waals surface area contributed by atoms with Gasteiger partial charge in [-0.15, -0.1) is 0 Å². The molecule has 2 heterocycles. The molecule has 6 aromatic carbocycles. The van der Waals surface area contributed by atoms with E-state index in [1.54, 1.807) is 0 Å². The van der Waals surface area contributed by atoms with Gasteiger partial charge < -0.3 is 9.88 Å². The van der Waals surface area contributed by atoms with Crippen LogP contribution in [0, 0.1) is 0 Å². The lowest BCUT2D eigenvalue weighted by Crippen LogP contribution is -2.44. The number of aromatic nitrogens is 1. The molecule has 0 saturated carbocycles. The summed E-state index contributed by atoms with van der Waals surface area (Å²) in [6.07, 6.45) is -0.262. The van der Waals surface area contributed by atoms with Crippen LogP contribution in [0.1, 0.15) is 54.0 Å². The molecule has 222 valence electrons. The maximum atomic E-state index is 5.07. The molecule has 0 bridgehead atoms. The Kier molecular flexibility index (Phi) is 6.02. The van der Waals surface area contributed by atoms with Gasteiger partial charge in [-0.1, -0.05) is 129 Å². The van der Waals surface area contributed by atoms with Gasteiger partial charge in [0.25, 0.3) is 0 Å². The molecule has 9 rings (SSSR count). The van der Waals surface area contributed by atoms with Gasteiger partial charge in [-0.05, 0) is 63.7 Å². The van der Waals surface area contributed by atoms with Crippen LogP contribution in [0.5, 0.6) is 0 Å². The minimum atomic E-state index is -0.158. The lowest BCUT2D eigenvalue weighted by molar-refractivity contribution is 0.409. The molecular weight excluding hydrogens is 560 g/mol. The predicted octanol–water partition coefficient (Wildman–Crippen LogP) is 9.43. The van der Waals surface area contributed by atoms with Crippen molar-refractivity contribution in [2.45, 2.75) is 31.6 Å². The Balaban J connectivity index is 1.14. The summed E-state index contributed by atoms with van der Waals surface area (Å²) in [6.45, 7) is 4.70. The van der Waals surface area contributed by atoms with Crippen molar-refractivity contribution in [1.29, 1.82) is 0 Å². The van der Waals surface area contributed by atoms with Crippen LogP contribution >= 0.6 is 0 Å². The van der Waals surface area contributed by atoms with Crippen LogP contribution in [0.15, 0.2) is 151 Å². The zero-order chi connectivity index (χ0) is 30.8. The van der Waals surface area contributed by atoms with Crippen LogP contribution in [0.25, 0.3) is 38.6 Å². The largest absolute Gasteiger partial charge is 0.350 e. The van der Waals surface area contributed by atoms with Crippen molar-refractivity contribution in [3.63, 3.8) is 0 Å². The number of hydrogen-bond acceptors (Lipinski definition) is 3. The van der Waals surface area contributed by atoms with Crippen molar-refractivity contribution in [3.8, 4) is 16.8 Å². The first-order chi connectivity index (χ1) is 22.6. The number of amidine groups is 1. The van der Waals surface area contributed by atoms with E-state index in [9.17, 15) is 0 Å². The van der Waals surface area contributed by atoms with Crippen LogP contribution in [-0.4, -0.2) is 10.4 Å². The number of nitrogens with one attached hydrogen (secondary N) is 2. The zero-order valence-electron chi connectivity index (χ0n) is 25.9. The Morgan fingerprint density at radius 3 is 2.09 bits per heavy atom. The lowest BCUT2D eigenvalue weighted by Gasteiger charge is -2.32. The molecule has 0 saturated heterocycles. The normalized spacial score (nSPS) is 18.2. The summed E-state index contributed by atoms with van der Waals surface area (Å²) in [5.41, 5.74) is 12.4. The Morgan fingerprint density at radius 2 is 1.28 bits per heavy atom. The van der Waals surface area contributed by atoms with Crippen molar-refractivity contribution in [2.75, 3.05) is 0 Å². The molecule has 1 aliphatic carbocycles. The van der Waals surface area contributed by atoms with Gasteiger partial charge in [-0.2, -0.15) is 0 Å². The SMILES string of the molecule is CC1(C)c2ccccc2-c2cc3c4ccccc4n(-c4ccc(C5NC(c6ccccc6)=NC(c6ccccc6)N5)cc4)c3cc21. The van der Waals surface area contributed by atoms with Crippen molar-refractivity contribution in [2.24, 2.45) is 4.99 Å². The second kappa shape index (κ2) is 10.3. The fraction of sp³-hybridized carbons (Fsp3) is 0.119. The van der Waals surface area contributed by atoms with E-state index in [1.165, 1.54) is 44.1 Å². The molecule has 1 aliphatic heterocycles. The molecule has 2 unspecified atom stereocenters. The highest BCUT2D eigenvalue weighted by molar-refractivity contribution is 6.11. The van der Waals surface area contributed by atoms with Gasteiger partial charge >= 0.3 is 0 Å². The number of hydrogen-bond donors (Lipinski definition) is 2. The van der Waals surface area contributed by atoms with Crippen LogP contribution < -0.4 is 10.6 Å². The Morgan fingerprint density at radius 1 is 0.587 bits per heavy atom. The minimum Gasteiger partial charge on any atom is -0.350 e. The molecule has 0 spiro atoms. The summed E-state index contributed by atoms with van der Waals surface area (Å²) in [4.78, 5) is 5.07. The van der Waals surface area contributed by atoms with E-state index < -0.39 is 0 Å². The van der Waals surface area contributed by atoms with E-state index >= 15 is 0 Å². The molecule has 0 amide bonds. The third kappa shape index (κ3) is 4.14. The van der Waals surface area contributed by atoms with E-state index in [4.69, 9.17) is 4.99 Å². The lowest BCUT2D eigenvalue weighted by atomic mass is 9.82. The maximum Gasteiger partial charge on any atom is 0.131 e. The predicted molar refractivity (Wildman–Crippen MR) is 190 cm³/mol. The topological polar surface area (TPSA) is 41.4 Å². The number of nitrogens with zero attached hydrogens (tertiary/aromatic N) is 2. The van der Waals surface area contributed by atoms with Gasteiger partial charge in [0, 0.05) is 27.4 Å². The number of benzene rings is 6. The average molecular weight is 595 g/mol. The minimum absolute atomic E-state index is 0.0586. The molecule has 4 heteroatoms. The molecule has 7 aromatic rings. The summed E-state index contributed by atoms with van der Waals surface area (Å²) in [6, 6.07) is 52.4. The smallest absolute Gasteiger partial charge is 0.131 e. The summed E-state index contributed by atoms with van der Waals surface area (Å²) in [7, 11) is 0. The third-order valence-electron chi connectivity index (χ3n) is 9.89. The van der Waals surface area contributed by atoms with Gasteiger partial charge in [0.1, 0.15) is 18.2 Å². The Bertz CT molecular complexity index is 2280. The molecule has 4 nitrogen and oxygen atoms in total. The summed E-state index contributed by atoms with van der Waals surface area (Å²) in [5.74, 6) is 0.891. The monoisotopic (exact) mass is 594 g/mol. The average Bonchev–Trinajstić information content (AvgIpc) is 3.56. The molecule has 0 radical (unpaired) electrons. The van der Waals surface area contributed by atoms with Gasteiger partial charge in [0.15, 0.2) is 0 Å². The zero-order valence-corrected chi connectivity index (χ0v) is 25.9.